The Hall–Kier alpha value is -2.30. The molecule has 5 nitrogen and oxygen atoms in total. The van der Waals surface area contributed by atoms with Crippen molar-refractivity contribution >= 4 is 18.0 Å². The largest absolute Gasteiger partial charge is 0.496 e. The fourth-order valence-electron chi connectivity index (χ4n) is 1.46. The first kappa shape index (κ1) is 13.8. The molecule has 0 atom stereocenters. The van der Waals surface area contributed by atoms with Crippen LogP contribution in [-0.4, -0.2) is 24.1 Å². The van der Waals surface area contributed by atoms with E-state index < -0.39 is 11.9 Å². The van der Waals surface area contributed by atoms with E-state index in [1.165, 1.54) is 20.1 Å². The van der Waals surface area contributed by atoms with E-state index in [4.69, 9.17) is 9.84 Å². The van der Waals surface area contributed by atoms with E-state index in [1.807, 2.05) is 13.0 Å². The van der Waals surface area contributed by atoms with Crippen LogP contribution in [0.3, 0.4) is 0 Å². The smallest absolute Gasteiger partial charge is 0.352 e. The molecule has 0 aliphatic rings. The first-order valence-electron chi connectivity index (χ1n) is 5.31. The number of benzene rings is 1. The lowest BCUT2D eigenvalue weighted by Gasteiger charge is -2.08. The number of hydrogen-bond acceptors (Lipinski definition) is 3. The van der Waals surface area contributed by atoms with Gasteiger partial charge < -0.3 is 15.2 Å². The van der Waals surface area contributed by atoms with E-state index in [2.05, 4.69) is 5.32 Å². The van der Waals surface area contributed by atoms with Gasteiger partial charge in [-0.1, -0.05) is 11.6 Å². The zero-order valence-corrected chi connectivity index (χ0v) is 10.5. The molecule has 0 saturated carbocycles. The zero-order valence-electron chi connectivity index (χ0n) is 10.5. The average Bonchev–Trinajstić information content (AvgIpc) is 2.27. The first-order valence-corrected chi connectivity index (χ1v) is 5.31. The second-order valence-corrected chi connectivity index (χ2v) is 3.79. The number of carbonyl (C=O) groups excluding carboxylic acids is 1. The highest BCUT2D eigenvalue weighted by Crippen LogP contribution is 2.22. The van der Waals surface area contributed by atoms with Crippen LogP contribution in [0.2, 0.25) is 0 Å². The molecule has 5 heteroatoms. The summed E-state index contributed by atoms with van der Waals surface area (Å²) in [7, 11) is 1.50. The van der Waals surface area contributed by atoms with Crippen LogP contribution < -0.4 is 10.1 Å². The molecule has 0 aliphatic carbocycles. The van der Waals surface area contributed by atoms with E-state index in [9.17, 15) is 9.59 Å². The summed E-state index contributed by atoms with van der Waals surface area (Å²) in [5.41, 5.74) is 1.38. The van der Waals surface area contributed by atoms with E-state index in [0.717, 1.165) is 5.56 Å². The van der Waals surface area contributed by atoms with Gasteiger partial charge in [0.25, 0.3) is 0 Å². The Balaban J connectivity index is 3.22. The summed E-state index contributed by atoms with van der Waals surface area (Å²) in [6, 6.07) is 5.38. The number of carboxylic acid groups (broad SMARTS) is 1. The highest BCUT2D eigenvalue weighted by Gasteiger charge is 2.10. The van der Waals surface area contributed by atoms with Gasteiger partial charge in [0.2, 0.25) is 5.91 Å². The van der Waals surface area contributed by atoms with Gasteiger partial charge in [-0.25, -0.2) is 4.79 Å². The number of carboxylic acids is 1. The summed E-state index contributed by atoms with van der Waals surface area (Å²) in [6.45, 7) is 3.14. The molecule has 0 bridgehead atoms. The zero-order chi connectivity index (χ0) is 13.7. The molecule has 96 valence electrons. The minimum absolute atomic E-state index is 0.189. The van der Waals surface area contributed by atoms with Gasteiger partial charge in [-0.15, -0.1) is 0 Å². The molecular formula is C13H15NO4. The van der Waals surface area contributed by atoms with E-state index in [1.54, 1.807) is 12.1 Å². The molecule has 1 rings (SSSR count). The molecule has 1 amide bonds. The van der Waals surface area contributed by atoms with Gasteiger partial charge >= 0.3 is 5.97 Å². The normalized spacial score (nSPS) is 10.9. The van der Waals surface area contributed by atoms with Crippen LogP contribution in [0.15, 0.2) is 23.9 Å². The van der Waals surface area contributed by atoms with Crippen LogP contribution >= 0.6 is 0 Å². The number of carbonyl (C=O) groups is 2. The third-order valence-electron chi connectivity index (χ3n) is 2.23. The van der Waals surface area contributed by atoms with Gasteiger partial charge in [0.1, 0.15) is 11.4 Å². The SMILES string of the molecule is COc1ccc(C)cc1/C=C(/NC(C)=O)C(=O)O. The quantitative estimate of drug-likeness (QED) is 0.794. The number of nitrogens with one attached hydrogen (secondary N) is 1. The lowest BCUT2D eigenvalue weighted by molar-refractivity contribution is -0.134. The van der Waals surface area contributed by atoms with Crippen LogP contribution in [0.25, 0.3) is 6.08 Å². The topological polar surface area (TPSA) is 75.6 Å². The number of methoxy groups -OCH3 is 1. The Morgan fingerprint density at radius 2 is 2.06 bits per heavy atom. The van der Waals surface area contributed by atoms with Gasteiger partial charge in [-0.3, -0.25) is 4.79 Å². The molecular weight excluding hydrogens is 234 g/mol. The molecule has 0 radical (unpaired) electrons. The van der Waals surface area contributed by atoms with E-state index in [-0.39, 0.29) is 5.70 Å². The van der Waals surface area contributed by atoms with Gasteiger partial charge in [0, 0.05) is 12.5 Å². The Kier molecular flexibility index (Phi) is 4.48. The molecule has 0 unspecified atom stereocenters. The summed E-state index contributed by atoms with van der Waals surface area (Å²) >= 11 is 0. The van der Waals surface area contributed by atoms with Crippen LogP contribution in [0.5, 0.6) is 5.75 Å². The predicted octanol–water partition coefficient (Wildman–Crippen LogP) is 1.57. The van der Waals surface area contributed by atoms with Crippen molar-refractivity contribution in [2.24, 2.45) is 0 Å². The van der Waals surface area contributed by atoms with Gasteiger partial charge in [0.15, 0.2) is 0 Å². The van der Waals surface area contributed by atoms with Crippen molar-refractivity contribution in [3.63, 3.8) is 0 Å². The maximum absolute atomic E-state index is 11.0. The van der Waals surface area contributed by atoms with Crippen LogP contribution in [0.1, 0.15) is 18.1 Å². The molecule has 0 spiro atoms. The third-order valence-corrected chi connectivity index (χ3v) is 2.23. The maximum atomic E-state index is 11.0. The van der Waals surface area contributed by atoms with Crippen molar-refractivity contribution in [1.29, 1.82) is 0 Å². The third kappa shape index (κ3) is 3.62. The highest BCUT2D eigenvalue weighted by molar-refractivity contribution is 5.96. The molecule has 1 aromatic rings. The number of hydrogen-bond donors (Lipinski definition) is 2. The Bertz CT molecular complexity index is 506. The number of aryl methyl sites for hydroxylation is 1. The fourth-order valence-corrected chi connectivity index (χ4v) is 1.46. The van der Waals surface area contributed by atoms with Gasteiger partial charge in [-0.2, -0.15) is 0 Å². The minimum atomic E-state index is -1.20. The predicted molar refractivity (Wildman–Crippen MR) is 67.2 cm³/mol. The van der Waals surface area contributed by atoms with Crippen molar-refractivity contribution < 1.29 is 19.4 Å². The van der Waals surface area contributed by atoms with Crippen molar-refractivity contribution in [2.75, 3.05) is 7.11 Å². The highest BCUT2D eigenvalue weighted by atomic mass is 16.5. The first-order chi connectivity index (χ1) is 8.43. The summed E-state index contributed by atoms with van der Waals surface area (Å²) in [5.74, 6) is -1.09. The number of rotatable bonds is 4. The molecule has 1 aromatic carbocycles. The second kappa shape index (κ2) is 5.86. The molecule has 0 aromatic heterocycles. The van der Waals surface area contributed by atoms with Gasteiger partial charge in [-0.05, 0) is 25.1 Å². The summed E-state index contributed by atoms with van der Waals surface area (Å²) in [4.78, 5) is 21.9. The monoisotopic (exact) mass is 249 g/mol. The average molecular weight is 249 g/mol. The maximum Gasteiger partial charge on any atom is 0.352 e. The fraction of sp³-hybridized carbons (Fsp3) is 0.231. The van der Waals surface area contributed by atoms with Gasteiger partial charge in [0.05, 0.1) is 7.11 Å². The van der Waals surface area contributed by atoms with Crippen LogP contribution in [0, 0.1) is 6.92 Å². The van der Waals surface area contributed by atoms with E-state index in [0.29, 0.717) is 11.3 Å². The Morgan fingerprint density at radius 3 is 2.56 bits per heavy atom. The summed E-state index contributed by atoms with van der Waals surface area (Å²) < 4.78 is 5.14. The van der Waals surface area contributed by atoms with Crippen molar-refractivity contribution in [2.45, 2.75) is 13.8 Å². The number of amides is 1. The standard InChI is InChI=1S/C13H15NO4/c1-8-4-5-12(18-3)10(6-8)7-11(13(16)17)14-9(2)15/h4-7H,1-3H3,(H,14,15)(H,16,17)/b11-7+. The van der Waals surface area contributed by atoms with Crippen LogP contribution in [-0.2, 0) is 9.59 Å². The molecule has 0 heterocycles. The van der Waals surface area contributed by atoms with Crippen molar-refractivity contribution in [3.8, 4) is 5.75 Å². The van der Waals surface area contributed by atoms with E-state index >= 15 is 0 Å². The van der Waals surface area contributed by atoms with Crippen LogP contribution in [0.4, 0.5) is 0 Å². The molecule has 18 heavy (non-hydrogen) atoms. The summed E-state index contributed by atoms with van der Waals surface area (Å²) in [6.07, 6.45) is 1.37. The Labute approximate surface area is 105 Å². The molecule has 0 saturated heterocycles. The number of aliphatic carboxylic acids is 1. The van der Waals surface area contributed by atoms with Crippen molar-refractivity contribution in [3.05, 3.63) is 35.0 Å². The molecule has 0 aliphatic heterocycles. The Morgan fingerprint density at radius 1 is 1.39 bits per heavy atom. The van der Waals surface area contributed by atoms with Crippen molar-refractivity contribution in [1.82, 2.24) is 5.32 Å². The molecule has 0 fully saturated rings. The lowest BCUT2D eigenvalue weighted by Crippen LogP contribution is -2.24. The number of ether oxygens (including phenoxy) is 1. The lowest BCUT2D eigenvalue weighted by atomic mass is 10.1. The minimum Gasteiger partial charge on any atom is -0.496 e. The second-order valence-electron chi connectivity index (χ2n) is 3.79. The molecule has 2 N–H and O–H groups in total. The summed E-state index contributed by atoms with van der Waals surface area (Å²) in [5, 5.41) is 11.3.